The van der Waals surface area contributed by atoms with E-state index >= 15 is 0 Å². The third-order valence-electron chi connectivity index (χ3n) is 5.43. The number of hydrogen-bond acceptors (Lipinski definition) is 5. The highest BCUT2D eigenvalue weighted by Gasteiger charge is 2.39. The third-order valence-corrected chi connectivity index (χ3v) is 5.43. The van der Waals surface area contributed by atoms with Crippen molar-refractivity contribution in [2.45, 2.75) is 45.5 Å². The van der Waals surface area contributed by atoms with Crippen molar-refractivity contribution in [1.29, 1.82) is 0 Å². The summed E-state index contributed by atoms with van der Waals surface area (Å²) in [6, 6.07) is 4.43. The molecule has 0 unspecified atom stereocenters. The second-order valence-corrected chi connectivity index (χ2v) is 7.90. The molecule has 7 nitrogen and oxygen atoms in total. The van der Waals surface area contributed by atoms with Gasteiger partial charge in [-0.3, -0.25) is 9.48 Å². The van der Waals surface area contributed by atoms with Crippen LogP contribution in [0.1, 0.15) is 49.2 Å². The highest BCUT2D eigenvalue weighted by Crippen LogP contribution is 2.34. The lowest BCUT2D eigenvalue weighted by Gasteiger charge is -2.35. The van der Waals surface area contributed by atoms with E-state index in [4.69, 9.17) is 0 Å². The van der Waals surface area contributed by atoms with Crippen LogP contribution >= 0.6 is 0 Å². The molecule has 2 aliphatic rings. The van der Waals surface area contributed by atoms with Crippen LogP contribution in [0, 0.1) is 5.82 Å². The van der Waals surface area contributed by atoms with Gasteiger partial charge in [-0.15, -0.1) is 5.53 Å². The molecular weight excluding hydrogens is 416 g/mol. The number of hydrazine groups is 2. The van der Waals surface area contributed by atoms with Gasteiger partial charge in [0.25, 0.3) is 5.91 Å². The zero-order valence-electron chi connectivity index (χ0n) is 17.2. The van der Waals surface area contributed by atoms with Crippen molar-refractivity contribution in [3.63, 3.8) is 0 Å². The lowest BCUT2D eigenvalue weighted by molar-refractivity contribution is -0.140. The van der Waals surface area contributed by atoms with Crippen LogP contribution < -0.4 is 16.0 Å². The normalized spacial score (nSPS) is 19.2. The lowest BCUT2D eigenvalue weighted by Crippen LogP contribution is -2.45. The predicted octanol–water partition coefficient (Wildman–Crippen LogP) is 3.60. The summed E-state index contributed by atoms with van der Waals surface area (Å²) in [5.74, 6) is -1.67. The molecule has 0 radical (unpaired) electrons. The second kappa shape index (κ2) is 7.56. The molecule has 3 heterocycles. The molecule has 166 valence electrons. The number of nitrogens with one attached hydrogen (secondary N) is 2. The number of nitrogens with zero attached hydrogens (tertiary/aromatic N) is 4. The average molecular weight is 438 g/mol. The van der Waals surface area contributed by atoms with Gasteiger partial charge in [0, 0.05) is 30.8 Å². The van der Waals surface area contributed by atoms with Gasteiger partial charge in [0.2, 0.25) is 0 Å². The van der Waals surface area contributed by atoms with Gasteiger partial charge in [-0.2, -0.15) is 18.3 Å². The number of amides is 1. The van der Waals surface area contributed by atoms with Gasteiger partial charge in [0.1, 0.15) is 5.82 Å². The minimum Gasteiger partial charge on any atom is -0.330 e. The Kier molecular flexibility index (Phi) is 5.16. The predicted molar refractivity (Wildman–Crippen MR) is 105 cm³/mol. The SMILES string of the molecule is CC(C)n1ccc(N2NNC3=C2C[C@H](C)N(C(=O)c2cccc(C(F)(F)F)c2F)C3)n1. The molecule has 0 aliphatic carbocycles. The quantitative estimate of drug-likeness (QED) is 0.717. The van der Waals surface area contributed by atoms with Crippen molar-refractivity contribution in [1.82, 2.24) is 25.6 Å². The van der Waals surface area contributed by atoms with Crippen LogP contribution in [-0.4, -0.2) is 33.2 Å². The first-order chi connectivity index (χ1) is 14.6. The topological polar surface area (TPSA) is 65.4 Å². The van der Waals surface area contributed by atoms with E-state index in [1.54, 1.807) is 11.9 Å². The number of rotatable bonds is 3. The summed E-state index contributed by atoms with van der Waals surface area (Å²) in [6.07, 6.45) is -2.60. The Morgan fingerprint density at radius 1 is 1.26 bits per heavy atom. The summed E-state index contributed by atoms with van der Waals surface area (Å²) >= 11 is 0. The molecule has 2 aliphatic heterocycles. The molecule has 4 rings (SSSR count). The molecule has 0 bridgehead atoms. The van der Waals surface area contributed by atoms with E-state index in [2.05, 4.69) is 16.1 Å². The summed E-state index contributed by atoms with van der Waals surface area (Å²) in [5, 5.41) is 6.30. The fraction of sp³-hybridized carbons (Fsp3) is 0.400. The van der Waals surface area contributed by atoms with Crippen LogP contribution in [0.5, 0.6) is 0 Å². The minimum absolute atomic E-state index is 0.0966. The molecular formula is C20H22F4N6O. The lowest BCUT2D eigenvalue weighted by atomic mass is 10.0. The zero-order valence-corrected chi connectivity index (χ0v) is 17.2. The number of benzene rings is 1. The first kappa shape index (κ1) is 21.2. The first-order valence-electron chi connectivity index (χ1n) is 9.83. The second-order valence-electron chi connectivity index (χ2n) is 7.90. The minimum atomic E-state index is -4.87. The molecule has 0 saturated heterocycles. The van der Waals surface area contributed by atoms with E-state index in [0.717, 1.165) is 17.8 Å². The van der Waals surface area contributed by atoms with Gasteiger partial charge in [-0.1, -0.05) is 6.07 Å². The number of aromatic nitrogens is 2. The number of carbonyl (C=O) groups is 1. The summed E-state index contributed by atoms with van der Waals surface area (Å²) in [7, 11) is 0. The Labute approximate surface area is 176 Å². The van der Waals surface area contributed by atoms with E-state index in [9.17, 15) is 22.4 Å². The fourth-order valence-corrected chi connectivity index (χ4v) is 3.73. The third kappa shape index (κ3) is 3.73. The smallest absolute Gasteiger partial charge is 0.330 e. The fourth-order valence-electron chi connectivity index (χ4n) is 3.73. The van der Waals surface area contributed by atoms with E-state index in [-0.39, 0.29) is 18.6 Å². The van der Waals surface area contributed by atoms with E-state index in [1.165, 1.54) is 4.90 Å². The number of anilines is 1. The van der Waals surface area contributed by atoms with Gasteiger partial charge in [-0.25, -0.2) is 9.40 Å². The highest BCUT2D eigenvalue weighted by atomic mass is 19.4. The van der Waals surface area contributed by atoms with Crippen molar-refractivity contribution in [3.05, 3.63) is 58.8 Å². The summed E-state index contributed by atoms with van der Waals surface area (Å²) < 4.78 is 55.4. The maximum atomic E-state index is 14.5. The van der Waals surface area contributed by atoms with Gasteiger partial charge < -0.3 is 10.3 Å². The molecule has 1 aromatic heterocycles. The number of hydrogen-bond donors (Lipinski definition) is 2. The molecule has 0 spiro atoms. The van der Waals surface area contributed by atoms with Gasteiger partial charge in [0.15, 0.2) is 5.82 Å². The Morgan fingerprint density at radius 3 is 2.65 bits per heavy atom. The van der Waals surface area contributed by atoms with Gasteiger partial charge >= 0.3 is 6.18 Å². The summed E-state index contributed by atoms with van der Waals surface area (Å²) in [5.41, 5.74) is 5.50. The zero-order chi connectivity index (χ0) is 22.5. The van der Waals surface area contributed by atoms with Crippen LogP contribution in [0.15, 0.2) is 41.9 Å². The molecule has 1 amide bonds. The molecule has 1 aromatic carbocycles. The van der Waals surface area contributed by atoms with E-state index in [1.807, 2.05) is 30.8 Å². The maximum Gasteiger partial charge on any atom is 0.419 e. The number of halogens is 4. The Bertz CT molecular complexity index is 1040. The largest absolute Gasteiger partial charge is 0.419 e. The van der Waals surface area contributed by atoms with Crippen molar-refractivity contribution in [2.75, 3.05) is 11.6 Å². The highest BCUT2D eigenvalue weighted by molar-refractivity contribution is 5.95. The van der Waals surface area contributed by atoms with Gasteiger partial charge in [-0.05, 0) is 32.9 Å². The van der Waals surface area contributed by atoms with Crippen molar-refractivity contribution < 1.29 is 22.4 Å². The van der Waals surface area contributed by atoms with Crippen LogP contribution in [0.3, 0.4) is 0 Å². The first-order valence-corrected chi connectivity index (χ1v) is 9.83. The molecule has 1 atom stereocenters. The molecule has 31 heavy (non-hydrogen) atoms. The van der Waals surface area contributed by atoms with Crippen LogP contribution in [0.2, 0.25) is 0 Å². The average Bonchev–Trinajstić information content (AvgIpc) is 3.32. The van der Waals surface area contributed by atoms with E-state index in [0.29, 0.717) is 24.0 Å². The van der Waals surface area contributed by atoms with Gasteiger partial charge in [0.05, 0.1) is 29.1 Å². The van der Waals surface area contributed by atoms with Crippen LogP contribution in [0.4, 0.5) is 23.4 Å². The molecule has 11 heteroatoms. The summed E-state index contributed by atoms with van der Waals surface area (Å²) in [4.78, 5) is 14.3. The standard InChI is InChI=1S/C20H22F4N6O/c1-11(2)29-8-7-17(26-29)30-16-9-12(3)28(10-15(16)25-27-30)19(31)13-5-4-6-14(18(13)21)20(22,23)24/h4-8,11-12,25,27H,9-10H2,1-3H3/t12-/m0/s1. The monoisotopic (exact) mass is 438 g/mol. The molecule has 0 saturated carbocycles. The number of alkyl halides is 3. The summed E-state index contributed by atoms with van der Waals surface area (Å²) in [6.45, 7) is 5.89. The van der Waals surface area contributed by atoms with Crippen LogP contribution in [0.25, 0.3) is 0 Å². The molecule has 2 N–H and O–H groups in total. The Morgan fingerprint density at radius 2 is 2.00 bits per heavy atom. The van der Waals surface area contributed by atoms with Crippen LogP contribution in [-0.2, 0) is 6.18 Å². The van der Waals surface area contributed by atoms with Crippen molar-refractivity contribution in [2.24, 2.45) is 0 Å². The Balaban J connectivity index is 1.59. The molecule has 2 aromatic rings. The molecule has 0 fully saturated rings. The number of carbonyl (C=O) groups excluding carboxylic acids is 1. The van der Waals surface area contributed by atoms with E-state index < -0.39 is 29.0 Å². The maximum absolute atomic E-state index is 14.5. The van der Waals surface area contributed by atoms with Crippen molar-refractivity contribution >= 4 is 11.7 Å². The van der Waals surface area contributed by atoms with Crippen molar-refractivity contribution in [3.8, 4) is 0 Å². The Hall–Kier alpha value is -3.08.